The number of oxime groups is 1. The molecule has 0 aliphatic heterocycles. The number of para-hydroxylation sites is 1. The molecule has 0 bridgehead atoms. The Morgan fingerprint density at radius 3 is 2.61 bits per heavy atom. The van der Waals surface area contributed by atoms with Crippen LogP contribution in [0.1, 0.15) is 5.56 Å². The van der Waals surface area contributed by atoms with E-state index in [0.29, 0.717) is 5.69 Å². The number of aryl methyl sites for hydroxylation is 1. The fourth-order valence-electron chi connectivity index (χ4n) is 2.14. The summed E-state index contributed by atoms with van der Waals surface area (Å²) in [5, 5.41) is 19.4. The lowest BCUT2D eigenvalue weighted by molar-refractivity contribution is -0.384. The quantitative estimate of drug-likeness (QED) is 0.407. The van der Waals surface area contributed by atoms with Gasteiger partial charge in [-0.05, 0) is 30.7 Å². The monoisotopic (exact) mass is 386 g/mol. The second-order valence-corrected chi connectivity index (χ2v) is 5.50. The van der Waals surface area contributed by atoms with Crippen molar-refractivity contribution in [2.24, 2.45) is 5.16 Å². The Morgan fingerprint density at radius 1 is 1.18 bits per heavy atom. The summed E-state index contributed by atoms with van der Waals surface area (Å²) in [5.41, 5.74) is 1.17. The molecule has 0 radical (unpaired) electrons. The predicted molar refractivity (Wildman–Crippen MR) is 103 cm³/mol. The highest BCUT2D eigenvalue weighted by Gasteiger charge is 2.17. The third-order valence-electron chi connectivity index (χ3n) is 3.52. The number of ether oxygens (including phenoxy) is 1. The number of benzene rings is 2. The summed E-state index contributed by atoms with van der Waals surface area (Å²) in [5.74, 6) is -0.921. The number of rotatable bonds is 8. The minimum atomic E-state index is -0.676. The van der Waals surface area contributed by atoms with Crippen molar-refractivity contribution in [3.05, 3.63) is 58.1 Å². The van der Waals surface area contributed by atoms with Gasteiger partial charge in [-0.1, -0.05) is 23.4 Å². The number of carbonyl (C=O) groups excluding carboxylic acids is 2. The summed E-state index contributed by atoms with van der Waals surface area (Å²) in [6, 6.07) is 11.2. The average Bonchev–Trinajstić information content (AvgIpc) is 2.67. The number of hydrogen-bond acceptors (Lipinski definition) is 7. The molecule has 2 N–H and O–H groups in total. The van der Waals surface area contributed by atoms with Gasteiger partial charge >= 0.3 is 0 Å². The molecule has 2 amide bonds. The number of nitro groups is 1. The molecule has 0 saturated heterocycles. The number of nitro benzene ring substituents is 1. The van der Waals surface area contributed by atoms with E-state index in [-0.39, 0.29) is 17.1 Å². The minimum absolute atomic E-state index is 0.0133. The molecule has 0 aromatic heterocycles. The van der Waals surface area contributed by atoms with Gasteiger partial charge in [0.05, 0.1) is 18.1 Å². The van der Waals surface area contributed by atoms with Crippen LogP contribution in [0.15, 0.2) is 47.6 Å². The van der Waals surface area contributed by atoms with E-state index in [0.717, 1.165) is 11.8 Å². The average molecular weight is 386 g/mol. The van der Waals surface area contributed by atoms with Crippen LogP contribution < -0.4 is 15.4 Å². The topological polar surface area (TPSA) is 132 Å². The maximum absolute atomic E-state index is 11.9. The number of nitrogens with zero attached hydrogens (tertiary/aromatic N) is 2. The van der Waals surface area contributed by atoms with Crippen molar-refractivity contribution >= 4 is 35.1 Å². The van der Waals surface area contributed by atoms with E-state index in [4.69, 9.17) is 9.57 Å². The van der Waals surface area contributed by atoms with E-state index < -0.39 is 23.3 Å². The Morgan fingerprint density at radius 2 is 1.93 bits per heavy atom. The van der Waals surface area contributed by atoms with Crippen molar-refractivity contribution in [2.45, 2.75) is 6.92 Å². The summed E-state index contributed by atoms with van der Waals surface area (Å²) in [6.07, 6.45) is 0.884. The van der Waals surface area contributed by atoms with Crippen molar-refractivity contribution in [1.82, 2.24) is 0 Å². The molecule has 0 aliphatic rings. The molecule has 0 atom stereocenters. The van der Waals surface area contributed by atoms with Crippen LogP contribution in [-0.4, -0.2) is 36.7 Å². The third kappa shape index (κ3) is 5.80. The smallest absolute Gasteiger partial charge is 0.296 e. The van der Waals surface area contributed by atoms with Gasteiger partial charge in [0, 0.05) is 5.69 Å². The first-order valence-electron chi connectivity index (χ1n) is 8.05. The molecule has 10 heteroatoms. The van der Waals surface area contributed by atoms with E-state index >= 15 is 0 Å². The summed E-state index contributed by atoms with van der Waals surface area (Å²) < 4.78 is 4.92. The molecule has 10 nitrogen and oxygen atoms in total. The van der Waals surface area contributed by atoms with Crippen LogP contribution >= 0.6 is 0 Å². The molecule has 2 rings (SSSR count). The molecular formula is C18H18N4O6. The van der Waals surface area contributed by atoms with Crippen molar-refractivity contribution in [3.8, 4) is 5.75 Å². The number of hydrogen-bond donors (Lipinski definition) is 2. The van der Waals surface area contributed by atoms with Gasteiger partial charge in [0.2, 0.25) is 0 Å². The molecule has 0 heterocycles. The molecule has 0 fully saturated rings. The highest BCUT2D eigenvalue weighted by atomic mass is 16.6. The van der Waals surface area contributed by atoms with E-state index in [1.54, 1.807) is 12.1 Å². The van der Waals surface area contributed by atoms with E-state index in [1.807, 2.05) is 19.1 Å². The van der Waals surface area contributed by atoms with Crippen LogP contribution in [0.5, 0.6) is 5.75 Å². The molecular weight excluding hydrogens is 368 g/mol. The van der Waals surface area contributed by atoms with Crippen molar-refractivity contribution in [2.75, 3.05) is 24.4 Å². The molecule has 0 spiro atoms. The van der Waals surface area contributed by atoms with E-state index in [1.165, 1.54) is 25.3 Å². The largest absolute Gasteiger partial charge is 0.496 e. The predicted octanol–water partition coefficient (Wildman–Crippen LogP) is 2.49. The molecule has 0 aliphatic carbocycles. The summed E-state index contributed by atoms with van der Waals surface area (Å²) in [4.78, 5) is 38.8. The van der Waals surface area contributed by atoms with Crippen LogP contribution in [0.25, 0.3) is 0 Å². The molecule has 0 saturated carbocycles. The third-order valence-corrected chi connectivity index (χ3v) is 3.52. The van der Waals surface area contributed by atoms with Crippen LogP contribution in [0.4, 0.5) is 17.1 Å². The zero-order valence-electron chi connectivity index (χ0n) is 15.2. The lowest BCUT2D eigenvalue weighted by atomic mass is 10.2. The van der Waals surface area contributed by atoms with Crippen LogP contribution in [-0.2, 0) is 14.4 Å². The SMILES string of the molecule is COc1ccc(NC(=O)CO/N=C\C(=O)Nc2ccccc2C)c([N+](=O)[O-])c1. The zero-order valence-corrected chi connectivity index (χ0v) is 15.2. The minimum Gasteiger partial charge on any atom is -0.496 e. The Hall–Kier alpha value is -3.95. The highest BCUT2D eigenvalue weighted by molar-refractivity contribution is 6.31. The molecule has 2 aromatic rings. The Kier molecular flexibility index (Phi) is 7.03. The molecule has 146 valence electrons. The fraction of sp³-hybridized carbons (Fsp3) is 0.167. The van der Waals surface area contributed by atoms with Crippen LogP contribution in [0.2, 0.25) is 0 Å². The van der Waals surface area contributed by atoms with Gasteiger partial charge in [0.25, 0.3) is 17.5 Å². The van der Waals surface area contributed by atoms with Gasteiger partial charge in [0.15, 0.2) is 6.61 Å². The number of methoxy groups -OCH3 is 1. The van der Waals surface area contributed by atoms with Gasteiger partial charge in [-0.25, -0.2) is 0 Å². The zero-order chi connectivity index (χ0) is 20.5. The summed E-state index contributed by atoms with van der Waals surface area (Å²) in [6.45, 7) is 1.31. The number of carbonyl (C=O) groups is 2. The van der Waals surface area contributed by atoms with Crippen molar-refractivity contribution in [3.63, 3.8) is 0 Å². The van der Waals surface area contributed by atoms with Gasteiger partial charge in [-0.2, -0.15) is 0 Å². The summed E-state index contributed by atoms with van der Waals surface area (Å²) in [7, 11) is 1.37. The van der Waals surface area contributed by atoms with Gasteiger partial charge in [0.1, 0.15) is 17.7 Å². The fourth-order valence-corrected chi connectivity index (χ4v) is 2.14. The second-order valence-electron chi connectivity index (χ2n) is 5.50. The number of nitrogens with one attached hydrogen (secondary N) is 2. The first-order valence-corrected chi connectivity index (χ1v) is 8.05. The Bertz CT molecular complexity index is 913. The maximum atomic E-state index is 11.9. The number of anilines is 2. The second kappa shape index (κ2) is 9.67. The lowest BCUT2D eigenvalue weighted by Gasteiger charge is -2.07. The lowest BCUT2D eigenvalue weighted by Crippen LogP contribution is -2.18. The van der Waals surface area contributed by atoms with Crippen LogP contribution in [0, 0.1) is 17.0 Å². The van der Waals surface area contributed by atoms with E-state index in [9.17, 15) is 19.7 Å². The number of amides is 2. The first-order chi connectivity index (χ1) is 13.4. The molecule has 0 unspecified atom stereocenters. The summed E-state index contributed by atoms with van der Waals surface area (Å²) >= 11 is 0. The van der Waals surface area contributed by atoms with E-state index in [2.05, 4.69) is 15.8 Å². The Labute approximate surface area is 160 Å². The normalized spacial score (nSPS) is 10.4. The van der Waals surface area contributed by atoms with Gasteiger partial charge in [-0.15, -0.1) is 0 Å². The molecule has 28 heavy (non-hydrogen) atoms. The Balaban J connectivity index is 1.86. The molecule has 2 aromatic carbocycles. The maximum Gasteiger partial charge on any atom is 0.296 e. The van der Waals surface area contributed by atoms with Gasteiger partial charge in [-0.3, -0.25) is 19.7 Å². The van der Waals surface area contributed by atoms with Crippen molar-refractivity contribution < 1.29 is 24.1 Å². The highest BCUT2D eigenvalue weighted by Crippen LogP contribution is 2.28. The first kappa shape index (κ1) is 20.4. The standard InChI is InChI=1S/C18H18N4O6/c1-12-5-3-4-6-14(12)20-17(23)10-19-28-11-18(24)21-15-8-7-13(27-2)9-16(15)22(25)26/h3-10H,11H2,1-2H3,(H,20,23)(H,21,24)/b19-10-. The van der Waals surface area contributed by atoms with Crippen LogP contribution in [0.3, 0.4) is 0 Å². The van der Waals surface area contributed by atoms with Gasteiger partial charge < -0.3 is 20.2 Å². The van der Waals surface area contributed by atoms with Crippen molar-refractivity contribution in [1.29, 1.82) is 0 Å².